The fourth-order valence-electron chi connectivity index (χ4n) is 3.13. The number of thioether (sulfide) groups is 1. The zero-order chi connectivity index (χ0) is 18.6. The van der Waals surface area contributed by atoms with Gasteiger partial charge in [0.15, 0.2) is 5.71 Å². The van der Waals surface area contributed by atoms with E-state index < -0.39 is 0 Å². The lowest BCUT2D eigenvalue weighted by Gasteiger charge is -2.13. The zero-order valence-corrected chi connectivity index (χ0v) is 16.6. The molecule has 0 aromatic heterocycles. The number of benzene rings is 2. The van der Waals surface area contributed by atoms with Crippen LogP contribution in [0.25, 0.3) is 6.08 Å². The van der Waals surface area contributed by atoms with Crippen molar-refractivity contribution in [2.75, 3.05) is 45.3 Å². The lowest BCUT2D eigenvalue weighted by molar-refractivity contribution is -0.547. The highest BCUT2D eigenvalue weighted by atomic mass is 32.2. The molecule has 2 aromatic rings. The molecular weight excluding hydrogens is 354 g/mol. The monoisotopic (exact) mass is 378 g/mol. The Kier molecular flexibility index (Phi) is 5.41. The molecule has 2 aliphatic heterocycles. The maximum atomic E-state index is 5.49. The van der Waals surface area contributed by atoms with Gasteiger partial charge in [0.25, 0.3) is 0 Å². The summed E-state index contributed by atoms with van der Waals surface area (Å²) in [6.45, 7) is 3.34. The number of nitrogens with zero attached hydrogens (tertiary/aromatic N) is 3. The second-order valence-electron chi connectivity index (χ2n) is 6.81. The highest BCUT2D eigenvalue weighted by Gasteiger charge is 2.32. The van der Waals surface area contributed by atoms with Crippen LogP contribution in [0.2, 0.25) is 0 Å². The molecule has 2 heterocycles. The van der Waals surface area contributed by atoms with Gasteiger partial charge in [0.1, 0.15) is 13.1 Å². The molecule has 0 radical (unpaired) electrons. The number of amidine groups is 1. The summed E-state index contributed by atoms with van der Waals surface area (Å²) < 4.78 is 7.82. The van der Waals surface area contributed by atoms with Crippen LogP contribution in [0.5, 0.6) is 0 Å². The molecule has 0 saturated carbocycles. The van der Waals surface area contributed by atoms with E-state index in [-0.39, 0.29) is 0 Å². The van der Waals surface area contributed by atoms with Gasteiger partial charge in [-0.05, 0) is 28.8 Å². The molecular formula is C22H24N3OS+. The highest BCUT2D eigenvalue weighted by molar-refractivity contribution is 8.18. The number of hydrogen-bond acceptors (Lipinski definition) is 3. The van der Waals surface area contributed by atoms with E-state index in [1.807, 2.05) is 6.07 Å². The van der Waals surface area contributed by atoms with Crippen molar-refractivity contribution in [1.29, 1.82) is 0 Å². The largest absolute Gasteiger partial charge is 0.378 e. The van der Waals surface area contributed by atoms with Crippen LogP contribution in [0.15, 0.2) is 64.5 Å². The van der Waals surface area contributed by atoms with E-state index in [9.17, 15) is 0 Å². The molecule has 0 spiro atoms. The van der Waals surface area contributed by atoms with Gasteiger partial charge in [-0.25, -0.2) is 4.58 Å². The number of rotatable bonds is 3. The van der Waals surface area contributed by atoms with E-state index in [4.69, 9.17) is 9.73 Å². The van der Waals surface area contributed by atoms with Crippen LogP contribution in [-0.2, 0) is 4.74 Å². The van der Waals surface area contributed by atoms with Crippen molar-refractivity contribution in [2.45, 2.75) is 0 Å². The Bertz CT molecular complexity index is 891. The number of anilines is 1. The zero-order valence-electron chi connectivity index (χ0n) is 15.8. The maximum Gasteiger partial charge on any atom is 0.360 e. The van der Waals surface area contributed by atoms with Crippen molar-refractivity contribution in [3.63, 3.8) is 0 Å². The van der Waals surface area contributed by atoms with Crippen molar-refractivity contribution in [3.8, 4) is 0 Å². The fraction of sp³-hybridized carbons (Fsp3) is 0.273. The molecule has 1 saturated heterocycles. The van der Waals surface area contributed by atoms with Crippen molar-refractivity contribution in [2.24, 2.45) is 4.99 Å². The first-order valence-corrected chi connectivity index (χ1v) is 10.0. The summed E-state index contributed by atoms with van der Waals surface area (Å²) in [7, 11) is 4.12. The second-order valence-corrected chi connectivity index (χ2v) is 7.81. The SMILES string of the molecule is CN(C)c1ccc(/C=C2\SC(=[N+]3CCOCC3)N=C2c2ccccc2)cc1. The van der Waals surface area contributed by atoms with Crippen molar-refractivity contribution in [1.82, 2.24) is 0 Å². The minimum absolute atomic E-state index is 0.769. The molecule has 0 unspecified atom stereocenters. The lowest BCUT2D eigenvalue weighted by atomic mass is 10.1. The molecule has 138 valence electrons. The van der Waals surface area contributed by atoms with Gasteiger partial charge >= 0.3 is 5.17 Å². The summed E-state index contributed by atoms with van der Waals surface area (Å²) in [5.74, 6) is 0. The molecule has 2 aromatic carbocycles. The summed E-state index contributed by atoms with van der Waals surface area (Å²) in [5.41, 5.74) is 4.60. The number of aliphatic imine (C=N–C) groups is 1. The van der Waals surface area contributed by atoms with Gasteiger partial charge in [0, 0.05) is 37.1 Å². The summed E-state index contributed by atoms with van der Waals surface area (Å²) in [5, 5.41) is 1.08. The number of hydrogen-bond donors (Lipinski definition) is 0. The average Bonchev–Trinajstić information content (AvgIpc) is 3.13. The summed E-state index contributed by atoms with van der Waals surface area (Å²) in [6, 6.07) is 19.1. The normalized spacial score (nSPS) is 18.7. The molecule has 1 fully saturated rings. The van der Waals surface area contributed by atoms with Gasteiger partial charge in [0.2, 0.25) is 0 Å². The standard InChI is InChI=1S/C22H24N3OS/c1-24(2)19-10-8-17(9-11-19)16-20-21(18-6-4-3-5-7-18)23-22(27-20)25-12-14-26-15-13-25/h3-11,16H,12-15H2,1-2H3/q+1. The third-order valence-electron chi connectivity index (χ3n) is 4.68. The Labute approximate surface area is 164 Å². The summed E-state index contributed by atoms with van der Waals surface area (Å²) in [6.07, 6.45) is 2.24. The number of allylic oxidation sites excluding steroid dienone is 1. The van der Waals surface area contributed by atoms with Crippen molar-refractivity contribution < 1.29 is 9.31 Å². The average molecular weight is 379 g/mol. The molecule has 0 N–H and O–H groups in total. The van der Waals surface area contributed by atoms with Crippen LogP contribution < -0.4 is 4.90 Å². The molecule has 0 bridgehead atoms. The van der Waals surface area contributed by atoms with E-state index in [1.54, 1.807) is 11.8 Å². The third kappa shape index (κ3) is 4.15. The first-order valence-electron chi connectivity index (χ1n) is 9.22. The minimum Gasteiger partial charge on any atom is -0.378 e. The lowest BCUT2D eigenvalue weighted by Crippen LogP contribution is -2.31. The number of morpholine rings is 1. The van der Waals surface area contributed by atoms with Crippen LogP contribution >= 0.6 is 11.8 Å². The van der Waals surface area contributed by atoms with Crippen molar-refractivity contribution >= 4 is 34.4 Å². The molecule has 5 heteroatoms. The second kappa shape index (κ2) is 8.11. The molecule has 2 aliphatic rings. The summed E-state index contributed by atoms with van der Waals surface area (Å²) in [4.78, 5) is 8.30. The van der Waals surface area contributed by atoms with Gasteiger partial charge < -0.3 is 9.64 Å². The molecule has 0 amide bonds. The molecule has 0 aliphatic carbocycles. The Morgan fingerprint density at radius 1 is 1.00 bits per heavy atom. The van der Waals surface area contributed by atoms with E-state index in [0.717, 1.165) is 42.7 Å². The molecule has 0 atom stereocenters. The predicted octanol–water partition coefficient (Wildman–Crippen LogP) is 3.73. The van der Waals surface area contributed by atoms with E-state index >= 15 is 0 Å². The fourth-order valence-corrected chi connectivity index (χ4v) is 4.23. The van der Waals surface area contributed by atoms with Crippen LogP contribution in [0.4, 0.5) is 5.69 Å². The molecule has 4 nitrogen and oxygen atoms in total. The van der Waals surface area contributed by atoms with Gasteiger partial charge in [-0.3, -0.25) is 0 Å². The first kappa shape index (κ1) is 18.0. The Morgan fingerprint density at radius 2 is 1.70 bits per heavy atom. The quantitative estimate of drug-likeness (QED) is 0.762. The third-order valence-corrected chi connectivity index (χ3v) is 5.74. The highest BCUT2D eigenvalue weighted by Crippen LogP contribution is 2.32. The Morgan fingerprint density at radius 3 is 2.37 bits per heavy atom. The Hall–Kier alpha value is -2.37. The van der Waals surface area contributed by atoms with Gasteiger partial charge in [-0.2, -0.15) is 0 Å². The smallest absolute Gasteiger partial charge is 0.360 e. The maximum absolute atomic E-state index is 5.49. The summed E-state index contributed by atoms with van der Waals surface area (Å²) >= 11 is 1.76. The molecule has 27 heavy (non-hydrogen) atoms. The van der Waals surface area contributed by atoms with Crippen LogP contribution in [0.3, 0.4) is 0 Å². The molecule has 4 rings (SSSR count). The van der Waals surface area contributed by atoms with Gasteiger partial charge in [0.05, 0.1) is 18.1 Å². The topological polar surface area (TPSA) is 27.8 Å². The van der Waals surface area contributed by atoms with Crippen LogP contribution in [0.1, 0.15) is 11.1 Å². The minimum atomic E-state index is 0.769. The van der Waals surface area contributed by atoms with E-state index in [2.05, 4.69) is 78.2 Å². The number of ether oxygens (including phenoxy) is 1. The van der Waals surface area contributed by atoms with Crippen LogP contribution in [0, 0.1) is 0 Å². The van der Waals surface area contributed by atoms with Gasteiger partial charge in [-0.15, -0.1) is 0 Å². The Balaban J connectivity index is 1.71. The van der Waals surface area contributed by atoms with E-state index in [1.165, 1.54) is 16.2 Å². The van der Waals surface area contributed by atoms with Gasteiger partial charge in [-0.1, -0.05) is 42.5 Å². The van der Waals surface area contributed by atoms with Crippen molar-refractivity contribution in [3.05, 3.63) is 70.6 Å². The van der Waals surface area contributed by atoms with Crippen LogP contribution in [-0.4, -0.2) is 55.9 Å². The van der Waals surface area contributed by atoms with E-state index in [0.29, 0.717) is 0 Å². The first-order chi connectivity index (χ1) is 13.2. The predicted molar refractivity (Wildman–Crippen MR) is 115 cm³/mol.